The smallest absolute Gasteiger partial charge is 0.325 e. The summed E-state index contributed by atoms with van der Waals surface area (Å²) in [5.74, 6) is 3.42. The number of carbonyl (C=O) groups excluding carboxylic acids is 1. The first-order valence-corrected chi connectivity index (χ1v) is 18.2. The van der Waals surface area contributed by atoms with Gasteiger partial charge in [0.1, 0.15) is 0 Å². The van der Waals surface area contributed by atoms with Crippen LogP contribution in [0.1, 0.15) is 85.5 Å². The molecule has 4 aliphatic rings. The maximum absolute atomic E-state index is 12.6. The van der Waals surface area contributed by atoms with Crippen molar-refractivity contribution in [2.24, 2.45) is 52.3 Å². The van der Waals surface area contributed by atoms with Crippen molar-refractivity contribution in [3.63, 3.8) is 0 Å². The zero-order chi connectivity index (χ0) is 31.1. The molecule has 2 amide bonds. The number of benzene rings is 2. The summed E-state index contributed by atoms with van der Waals surface area (Å²) in [6, 6.07) is 18.5. The van der Waals surface area contributed by atoms with Crippen molar-refractivity contribution in [3.8, 4) is 11.1 Å². The molecule has 4 aliphatic carbocycles. The minimum Gasteiger partial charge on any atom is -0.393 e. The average molecular weight is 619 g/mol. The fourth-order valence-corrected chi connectivity index (χ4v) is 11.6. The zero-order valence-corrected chi connectivity index (χ0v) is 28.0. The van der Waals surface area contributed by atoms with Crippen LogP contribution in [0.4, 0.5) is 4.79 Å². The predicted octanol–water partition coefficient (Wildman–Crippen LogP) is 8.31. The maximum atomic E-state index is 12.6. The second-order valence-corrected chi connectivity index (χ2v) is 16.1. The van der Waals surface area contributed by atoms with E-state index in [0.717, 1.165) is 37.0 Å². The summed E-state index contributed by atoms with van der Waals surface area (Å²) in [7, 11) is 0. The largest absolute Gasteiger partial charge is 0.393 e. The van der Waals surface area contributed by atoms with Gasteiger partial charge < -0.3 is 15.5 Å². The zero-order valence-electron chi connectivity index (χ0n) is 27.2. The Bertz CT molecular complexity index is 1270. The van der Waals surface area contributed by atoms with Crippen molar-refractivity contribution >= 4 is 18.0 Å². The van der Waals surface area contributed by atoms with Gasteiger partial charge in [0.25, 0.3) is 0 Å². The third kappa shape index (κ3) is 5.84. The van der Waals surface area contributed by atoms with E-state index in [4.69, 9.17) is 0 Å². The second-order valence-electron chi connectivity index (χ2n) is 15.2. The molecule has 0 bridgehead atoms. The lowest BCUT2D eigenvalue weighted by Gasteiger charge is -2.64. The van der Waals surface area contributed by atoms with Gasteiger partial charge in [-0.25, -0.2) is 4.79 Å². The van der Waals surface area contributed by atoms with Gasteiger partial charge in [-0.1, -0.05) is 76.6 Å². The predicted molar refractivity (Wildman–Crippen MR) is 180 cm³/mol. The van der Waals surface area contributed by atoms with E-state index in [1.807, 2.05) is 30.3 Å². The number of rotatable bonds is 8. The highest BCUT2D eigenvalue weighted by atomic mass is 32.2. The van der Waals surface area contributed by atoms with E-state index < -0.39 is 0 Å². The molecular formula is C38H54N2O3S. The van der Waals surface area contributed by atoms with Crippen LogP contribution in [-0.4, -0.2) is 35.0 Å². The number of aliphatic hydroxyl groups excluding tert-OH is 2. The van der Waals surface area contributed by atoms with Gasteiger partial charge in [0.15, 0.2) is 0 Å². The molecular weight excluding hydrogens is 564 g/mol. The van der Waals surface area contributed by atoms with Crippen molar-refractivity contribution in [1.29, 1.82) is 0 Å². The fraction of sp³-hybridized carbons (Fsp3) is 0.658. The Balaban J connectivity index is 1.02. The molecule has 44 heavy (non-hydrogen) atoms. The molecule has 6 heteroatoms. The van der Waals surface area contributed by atoms with Crippen molar-refractivity contribution < 1.29 is 15.0 Å². The first-order chi connectivity index (χ1) is 21.2. The second kappa shape index (κ2) is 13.0. The van der Waals surface area contributed by atoms with Gasteiger partial charge in [-0.05, 0) is 139 Å². The van der Waals surface area contributed by atoms with Crippen LogP contribution in [0, 0.1) is 52.3 Å². The van der Waals surface area contributed by atoms with Gasteiger partial charge >= 0.3 is 6.03 Å². The summed E-state index contributed by atoms with van der Waals surface area (Å²) in [5, 5.41) is 25.6. The summed E-state index contributed by atoms with van der Waals surface area (Å²) in [4.78, 5) is 13.6. The minimum absolute atomic E-state index is 0.137. The van der Waals surface area contributed by atoms with Gasteiger partial charge in [-0.15, -0.1) is 0 Å². The van der Waals surface area contributed by atoms with Gasteiger partial charge in [-0.3, -0.25) is 4.72 Å². The number of hydrogen-bond acceptors (Lipinski definition) is 4. The Morgan fingerprint density at radius 2 is 1.59 bits per heavy atom. The standard InChI is InChI=1S/C38H54N2O3S/c1-5-29-33-23-27(41)17-20-38(33,4)32-18-21-37(3)30(15-16-31(37)34(32)35(29)42)24(2)19-22-39-36(43)40-44-28-13-11-26(12-14-28)25-9-7-6-8-10-25/h6-14,24,27,29-35,41-42H,5,15-23H2,1-4H3,(H2,39,40,43)/t24-,27-,29-,30-,31+,32+,33+,34+,35-,37-,38-/m1/s1. The molecule has 5 nitrogen and oxygen atoms in total. The number of aliphatic hydroxyl groups is 2. The van der Waals surface area contributed by atoms with Crippen LogP contribution in [-0.2, 0) is 0 Å². The molecule has 0 aromatic heterocycles. The van der Waals surface area contributed by atoms with Crippen LogP contribution in [0.5, 0.6) is 0 Å². The molecule has 0 radical (unpaired) electrons. The molecule has 0 heterocycles. The summed E-state index contributed by atoms with van der Waals surface area (Å²) in [6.07, 6.45) is 9.34. The van der Waals surface area contributed by atoms with E-state index in [1.165, 1.54) is 48.8 Å². The highest BCUT2D eigenvalue weighted by Crippen LogP contribution is 2.69. The molecule has 2 aromatic rings. The summed E-state index contributed by atoms with van der Waals surface area (Å²) < 4.78 is 2.95. The molecule has 240 valence electrons. The van der Waals surface area contributed by atoms with Crippen LogP contribution in [0.2, 0.25) is 0 Å². The Morgan fingerprint density at radius 3 is 2.32 bits per heavy atom. The summed E-state index contributed by atoms with van der Waals surface area (Å²) >= 11 is 1.35. The van der Waals surface area contributed by atoms with E-state index in [9.17, 15) is 15.0 Å². The van der Waals surface area contributed by atoms with Crippen molar-refractivity contribution in [1.82, 2.24) is 10.0 Å². The highest BCUT2D eigenvalue weighted by Gasteiger charge is 2.64. The Labute approximate surface area is 269 Å². The molecule has 4 saturated carbocycles. The number of nitrogens with one attached hydrogen (secondary N) is 2. The van der Waals surface area contributed by atoms with E-state index in [-0.39, 0.29) is 29.1 Å². The van der Waals surface area contributed by atoms with Gasteiger partial charge in [-0.2, -0.15) is 0 Å². The van der Waals surface area contributed by atoms with Gasteiger partial charge in [0, 0.05) is 11.4 Å². The van der Waals surface area contributed by atoms with Crippen LogP contribution in [0.3, 0.4) is 0 Å². The molecule has 11 atom stereocenters. The third-order valence-electron chi connectivity index (χ3n) is 13.3. The highest BCUT2D eigenvalue weighted by molar-refractivity contribution is 7.98. The molecule has 0 saturated heterocycles. The molecule has 0 aliphatic heterocycles. The van der Waals surface area contributed by atoms with Crippen LogP contribution >= 0.6 is 11.9 Å². The Hall–Kier alpha value is -2.02. The van der Waals surface area contributed by atoms with Crippen molar-refractivity contribution in [2.75, 3.05) is 6.54 Å². The third-order valence-corrected chi connectivity index (χ3v) is 14.1. The molecule has 0 unspecified atom stereocenters. The van der Waals surface area contributed by atoms with E-state index in [2.05, 4.69) is 62.0 Å². The van der Waals surface area contributed by atoms with Crippen molar-refractivity contribution in [2.45, 2.75) is 103 Å². The van der Waals surface area contributed by atoms with E-state index >= 15 is 0 Å². The number of urea groups is 1. The first-order valence-electron chi connectivity index (χ1n) is 17.4. The fourth-order valence-electron chi connectivity index (χ4n) is 11.0. The SMILES string of the molecule is CC[C@H]1[C@@H](O)[C@@H]2[C@H](CC[C@]3(C)[C@@H]([C@H](C)CCNC(=O)NSc4ccc(-c5ccccc5)cc4)CC[C@@H]23)[C@@]2(C)CC[C@@H](O)C[C@@H]12. The quantitative estimate of drug-likeness (QED) is 0.224. The Morgan fingerprint density at radius 1 is 0.909 bits per heavy atom. The molecule has 4 N–H and O–H groups in total. The van der Waals surface area contributed by atoms with Crippen molar-refractivity contribution in [3.05, 3.63) is 54.6 Å². The number of amides is 2. The molecule has 4 fully saturated rings. The van der Waals surface area contributed by atoms with E-state index in [0.29, 0.717) is 48.0 Å². The van der Waals surface area contributed by atoms with Crippen LogP contribution in [0.25, 0.3) is 11.1 Å². The average Bonchev–Trinajstić information content (AvgIpc) is 3.39. The lowest BCUT2D eigenvalue weighted by molar-refractivity contribution is -0.203. The minimum atomic E-state index is -0.246. The number of carbonyl (C=O) groups is 1. The first kappa shape index (κ1) is 31.9. The normalized spacial score (nSPS) is 38.6. The lowest BCUT2D eigenvalue weighted by atomic mass is 9.41. The van der Waals surface area contributed by atoms with Crippen LogP contribution < -0.4 is 10.0 Å². The Kier molecular flexibility index (Phi) is 9.44. The van der Waals surface area contributed by atoms with Crippen LogP contribution in [0.15, 0.2) is 59.5 Å². The maximum Gasteiger partial charge on any atom is 0.325 e. The lowest BCUT2D eigenvalue weighted by Crippen LogP contribution is -2.62. The van der Waals surface area contributed by atoms with Gasteiger partial charge in [0.2, 0.25) is 0 Å². The topological polar surface area (TPSA) is 81.6 Å². The van der Waals surface area contributed by atoms with Gasteiger partial charge in [0.05, 0.1) is 12.2 Å². The number of fused-ring (bicyclic) bond motifs is 5. The number of hydrogen-bond donors (Lipinski definition) is 4. The summed E-state index contributed by atoms with van der Waals surface area (Å²) in [6.45, 7) is 10.4. The van der Waals surface area contributed by atoms with E-state index in [1.54, 1.807) is 0 Å². The molecule has 2 aromatic carbocycles. The monoisotopic (exact) mass is 618 g/mol. The molecule has 6 rings (SSSR count). The summed E-state index contributed by atoms with van der Waals surface area (Å²) in [5.41, 5.74) is 2.85. The molecule has 0 spiro atoms.